The van der Waals surface area contributed by atoms with Gasteiger partial charge in [-0.1, -0.05) is 26.7 Å². The molecular weight excluding hydrogens is 212 g/mol. The lowest BCUT2D eigenvalue weighted by molar-refractivity contribution is 0.166. The molecule has 0 aromatic rings. The number of hydrogen-bond acceptors (Lipinski definition) is 3. The molecule has 1 fully saturated rings. The first kappa shape index (κ1) is 14.9. The minimum atomic E-state index is 0.132. The summed E-state index contributed by atoms with van der Waals surface area (Å²) in [6, 6.07) is 0.881. The van der Waals surface area contributed by atoms with Crippen LogP contribution in [0.5, 0.6) is 0 Å². The molecule has 17 heavy (non-hydrogen) atoms. The fraction of sp³-hybridized carbons (Fsp3) is 1.00. The molecule has 1 aliphatic rings. The van der Waals surface area contributed by atoms with E-state index >= 15 is 0 Å². The Balaban J connectivity index is 2.39. The van der Waals surface area contributed by atoms with Crippen molar-refractivity contribution in [3.63, 3.8) is 0 Å². The van der Waals surface area contributed by atoms with Crippen LogP contribution in [0.25, 0.3) is 0 Å². The number of hydrogen-bond donors (Lipinski definition) is 2. The molecule has 3 nitrogen and oxygen atoms in total. The van der Waals surface area contributed by atoms with Gasteiger partial charge < -0.3 is 10.8 Å². The van der Waals surface area contributed by atoms with Gasteiger partial charge in [0.15, 0.2) is 0 Å². The molecule has 0 aromatic carbocycles. The van der Waals surface area contributed by atoms with Gasteiger partial charge in [0.1, 0.15) is 0 Å². The number of aliphatic hydroxyl groups is 1. The fourth-order valence-corrected chi connectivity index (χ4v) is 2.67. The van der Waals surface area contributed by atoms with Crippen LogP contribution in [-0.4, -0.2) is 41.8 Å². The van der Waals surface area contributed by atoms with E-state index in [9.17, 15) is 0 Å². The summed E-state index contributed by atoms with van der Waals surface area (Å²) in [4.78, 5) is 2.58. The van der Waals surface area contributed by atoms with Crippen LogP contribution < -0.4 is 5.73 Å². The lowest BCUT2D eigenvalue weighted by Gasteiger charge is -2.31. The fourth-order valence-electron chi connectivity index (χ4n) is 2.67. The smallest absolute Gasteiger partial charge is 0.0446 e. The van der Waals surface area contributed by atoms with Crippen molar-refractivity contribution in [2.45, 2.75) is 64.5 Å². The molecule has 3 heteroatoms. The second kappa shape index (κ2) is 8.06. The maximum absolute atomic E-state index is 8.93. The molecular formula is C14H30N2O. The van der Waals surface area contributed by atoms with E-state index in [-0.39, 0.29) is 12.6 Å². The molecule has 0 spiro atoms. The van der Waals surface area contributed by atoms with Gasteiger partial charge in [0.05, 0.1) is 0 Å². The topological polar surface area (TPSA) is 49.5 Å². The first-order valence-corrected chi connectivity index (χ1v) is 7.24. The number of nitrogens with two attached hydrogens (primary N) is 1. The van der Waals surface area contributed by atoms with Crippen LogP contribution in [-0.2, 0) is 0 Å². The van der Waals surface area contributed by atoms with E-state index in [1.165, 1.54) is 38.6 Å². The highest BCUT2D eigenvalue weighted by Gasteiger charge is 2.23. The summed E-state index contributed by atoms with van der Waals surface area (Å²) in [5.74, 6) is 0.757. The minimum absolute atomic E-state index is 0.132. The van der Waals surface area contributed by atoms with Gasteiger partial charge in [-0.05, 0) is 38.1 Å². The van der Waals surface area contributed by atoms with Crippen molar-refractivity contribution in [3.05, 3.63) is 0 Å². The van der Waals surface area contributed by atoms with Gasteiger partial charge in [-0.25, -0.2) is 0 Å². The molecule has 1 saturated carbocycles. The lowest BCUT2D eigenvalue weighted by Crippen LogP contribution is -2.43. The van der Waals surface area contributed by atoms with Crippen molar-refractivity contribution in [1.82, 2.24) is 4.90 Å². The minimum Gasteiger partial charge on any atom is -0.396 e. The average Bonchev–Trinajstić information content (AvgIpc) is 2.77. The molecule has 0 radical (unpaired) electrons. The second-order valence-corrected chi connectivity index (χ2v) is 5.89. The molecule has 0 amide bonds. The van der Waals surface area contributed by atoms with Gasteiger partial charge in [-0.15, -0.1) is 0 Å². The van der Waals surface area contributed by atoms with E-state index in [2.05, 4.69) is 18.7 Å². The molecule has 0 bridgehead atoms. The summed E-state index contributed by atoms with van der Waals surface area (Å²) in [5, 5.41) is 8.93. The highest BCUT2D eigenvalue weighted by molar-refractivity contribution is 4.80. The molecule has 1 atom stereocenters. The van der Waals surface area contributed by atoms with Crippen molar-refractivity contribution in [2.24, 2.45) is 11.7 Å². The second-order valence-electron chi connectivity index (χ2n) is 5.89. The molecule has 1 unspecified atom stereocenters. The molecule has 0 saturated heterocycles. The van der Waals surface area contributed by atoms with Crippen LogP contribution in [0.3, 0.4) is 0 Å². The molecule has 0 heterocycles. The zero-order valence-electron chi connectivity index (χ0n) is 11.6. The lowest BCUT2D eigenvalue weighted by atomic mass is 10.1. The molecule has 1 rings (SSSR count). The van der Waals surface area contributed by atoms with Gasteiger partial charge in [0, 0.05) is 25.2 Å². The van der Waals surface area contributed by atoms with E-state index in [1.54, 1.807) is 0 Å². The maximum atomic E-state index is 8.93. The van der Waals surface area contributed by atoms with Gasteiger partial charge in [0.25, 0.3) is 0 Å². The van der Waals surface area contributed by atoms with Crippen LogP contribution in [0.4, 0.5) is 0 Å². The van der Waals surface area contributed by atoms with Crippen molar-refractivity contribution < 1.29 is 5.11 Å². The van der Waals surface area contributed by atoms with Gasteiger partial charge >= 0.3 is 0 Å². The molecule has 0 aromatic heterocycles. The third kappa shape index (κ3) is 5.84. The third-order valence-corrected chi connectivity index (χ3v) is 3.80. The number of aliphatic hydroxyl groups excluding tert-OH is 1. The SMILES string of the molecule is CC(C)CCN(CC(N)CCO)C1CCCC1. The Morgan fingerprint density at radius 1 is 1.24 bits per heavy atom. The Morgan fingerprint density at radius 3 is 2.41 bits per heavy atom. The Hall–Kier alpha value is -0.120. The molecule has 0 aliphatic heterocycles. The first-order chi connectivity index (χ1) is 8.13. The monoisotopic (exact) mass is 242 g/mol. The van der Waals surface area contributed by atoms with Crippen molar-refractivity contribution >= 4 is 0 Å². The average molecular weight is 242 g/mol. The van der Waals surface area contributed by atoms with Crippen LogP contribution in [0.2, 0.25) is 0 Å². The standard InChI is InChI=1S/C14H30N2O/c1-12(2)7-9-16(11-13(15)8-10-17)14-5-3-4-6-14/h12-14,17H,3-11,15H2,1-2H3. The first-order valence-electron chi connectivity index (χ1n) is 7.24. The number of nitrogens with zero attached hydrogens (tertiary/aromatic N) is 1. The summed E-state index contributed by atoms with van der Waals surface area (Å²) >= 11 is 0. The van der Waals surface area contributed by atoms with Gasteiger partial charge in [-0.3, -0.25) is 4.90 Å². The predicted octanol–water partition coefficient (Wildman–Crippen LogP) is 1.99. The van der Waals surface area contributed by atoms with Crippen LogP contribution in [0, 0.1) is 5.92 Å². The summed E-state index contributed by atoms with van der Waals surface area (Å²) in [6.07, 6.45) is 7.40. The molecule has 102 valence electrons. The predicted molar refractivity (Wildman–Crippen MR) is 73.0 cm³/mol. The van der Waals surface area contributed by atoms with Crippen LogP contribution >= 0.6 is 0 Å². The summed E-state index contributed by atoms with van der Waals surface area (Å²) in [5.41, 5.74) is 6.06. The normalized spacial score (nSPS) is 19.4. The van der Waals surface area contributed by atoms with E-state index in [0.29, 0.717) is 0 Å². The van der Waals surface area contributed by atoms with Crippen LogP contribution in [0.15, 0.2) is 0 Å². The van der Waals surface area contributed by atoms with Crippen molar-refractivity contribution in [1.29, 1.82) is 0 Å². The highest BCUT2D eigenvalue weighted by Crippen LogP contribution is 2.24. The van der Waals surface area contributed by atoms with Crippen molar-refractivity contribution in [3.8, 4) is 0 Å². The zero-order valence-corrected chi connectivity index (χ0v) is 11.6. The molecule has 1 aliphatic carbocycles. The number of rotatable bonds is 8. The van der Waals surface area contributed by atoms with E-state index in [4.69, 9.17) is 10.8 Å². The quantitative estimate of drug-likeness (QED) is 0.684. The Kier molecular flexibility index (Phi) is 7.09. The zero-order chi connectivity index (χ0) is 12.7. The van der Waals surface area contributed by atoms with E-state index in [1.807, 2.05) is 0 Å². The van der Waals surface area contributed by atoms with Crippen LogP contribution in [0.1, 0.15) is 52.4 Å². The van der Waals surface area contributed by atoms with Gasteiger partial charge in [0.2, 0.25) is 0 Å². The third-order valence-electron chi connectivity index (χ3n) is 3.80. The van der Waals surface area contributed by atoms with Gasteiger partial charge in [-0.2, -0.15) is 0 Å². The Bertz CT molecular complexity index is 191. The maximum Gasteiger partial charge on any atom is 0.0446 e. The Labute approximate surface area is 106 Å². The highest BCUT2D eigenvalue weighted by atomic mass is 16.3. The molecule has 3 N–H and O–H groups in total. The largest absolute Gasteiger partial charge is 0.396 e. The van der Waals surface area contributed by atoms with E-state index < -0.39 is 0 Å². The summed E-state index contributed by atoms with van der Waals surface area (Å²) in [7, 11) is 0. The Morgan fingerprint density at radius 2 is 1.88 bits per heavy atom. The van der Waals surface area contributed by atoms with E-state index in [0.717, 1.165) is 24.9 Å². The van der Waals surface area contributed by atoms with Crippen molar-refractivity contribution in [2.75, 3.05) is 19.7 Å². The summed E-state index contributed by atoms with van der Waals surface area (Å²) < 4.78 is 0. The summed E-state index contributed by atoms with van der Waals surface area (Å²) in [6.45, 7) is 6.89.